The van der Waals surface area contributed by atoms with Crippen LogP contribution in [0.2, 0.25) is 0 Å². The summed E-state index contributed by atoms with van der Waals surface area (Å²) in [7, 11) is 1.89. The molecule has 0 saturated carbocycles. The highest BCUT2D eigenvalue weighted by atomic mass is 15.3. The Morgan fingerprint density at radius 1 is 1.38 bits per heavy atom. The summed E-state index contributed by atoms with van der Waals surface area (Å²) in [5.74, 6) is 0.950. The van der Waals surface area contributed by atoms with Crippen LogP contribution in [0.5, 0.6) is 0 Å². The Hall–Kier alpha value is -1.85. The van der Waals surface area contributed by atoms with Gasteiger partial charge in [-0.2, -0.15) is 10.2 Å². The molecule has 0 spiro atoms. The first-order valence-electron chi connectivity index (χ1n) is 5.39. The van der Waals surface area contributed by atoms with Crippen LogP contribution in [-0.2, 0) is 20.1 Å². The fourth-order valence-corrected chi connectivity index (χ4v) is 1.52. The van der Waals surface area contributed by atoms with Crippen molar-refractivity contribution in [1.82, 2.24) is 24.5 Å². The van der Waals surface area contributed by atoms with Gasteiger partial charge in [-0.05, 0) is 6.42 Å². The molecule has 0 bridgehead atoms. The Balaban J connectivity index is 1.96. The van der Waals surface area contributed by atoms with E-state index in [4.69, 9.17) is 0 Å². The second kappa shape index (κ2) is 4.78. The summed E-state index contributed by atoms with van der Waals surface area (Å²) in [5, 5.41) is 11.5. The van der Waals surface area contributed by atoms with Gasteiger partial charge in [0.15, 0.2) is 0 Å². The third kappa shape index (κ3) is 2.39. The average molecular weight is 220 g/mol. The fraction of sp³-hybridized carbons (Fsp3) is 0.500. The van der Waals surface area contributed by atoms with Crippen molar-refractivity contribution in [2.24, 2.45) is 7.05 Å². The van der Waals surface area contributed by atoms with Crippen molar-refractivity contribution in [2.75, 3.05) is 5.32 Å². The third-order valence-electron chi connectivity index (χ3n) is 2.29. The van der Waals surface area contributed by atoms with Gasteiger partial charge in [0.2, 0.25) is 0 Å². The molecule has 0 amide bonds. The van der Waals surface area contributed by atoms with E-state index in [9.17, 15) is 0 Å². The lowest BCUT2D eigenvalue weighted by Crippen LogP contribution is -2.09. The molecule has 2 aromatic rings. The summed E-state index contributed by atoms with van der Waals surface area (Å²) in [5.41, 5.74) is 0.994. The largest absolute Gasteiger partial charge is 0.375 e. The minimum atomic E-state index is 0.672. The van der Waals surface area contributed by atoms with Crippen LogP contribution in [0.3, 0.4) is 0 Å². The zero-order chi connectivity index (χ0) is 11.4. The highest BCUT2D eigenvalue weighted by Gasteiger charge is 2.03. The van der Waals surface area contributed by atoms with Gasteiger partial charge in [0.05, 0.1) is 18.4 Å². The standard InChI is InChI=1S/C10H16N6/c1-3-4-16-10(12-8-14-16)6-11-9-5-13-15(2)7-9/h5,7-8,11H,3-4,6H2,1-2H3. The van der Waals surface area contributed by atoms with E-state index in [1.54, 1.807) is 17.2 Å². The number of hydrogen-bond donors (Lipinski definition) is 1. The monoisotopic (exact) mass is 220 g/mol. The molecule has 16 heavy (non-hydrogen) atoms. The molecule has 2 aromatic heterocycles. The predicted octanol–water partition coefficient (Wildman–Crippen LogP) is 1.03. The lowest BCUT2D eigenvalue weighted by molar-refractivity contribution is 0.574. The Bertz CT molecular complexity index is 444. The minimum Gasteiger partial charge on any atom is -0.375 e. The van der Waals surface area contributed by atoms with Crippen LogP contribution >= 0.6 is 0 Å². The lowest BCUT2D eigenvalue weighted by Gasteiger charge is -2.05. The summed E-state index contributed by atoms with van der Waals surface area (Å²) in [6.07, 6.45) is 6.38. The van der Waals surface area contributed by atoms with E-state index in [0.29, 0.717) is 6.54 Å². The topological polar surface area (TPSA) is 60.6 Å². The van der Waals surface area contributed by atoms with Gasteiger partial charge in [0, 0.05) is 19.8 Å². The Labute approximate surface area is 94.3 Å². The van der Waals surface area contributed by atoms with Gasteiger partial charge in [0.1, 0.15) is 12.2 Å². The van der Waals surface area contributed by atoms with Crippen LogP contribution in [0, 0.1) is 0 Å². The molecule has 6 nitrogen and oxygen atoms in total. The van der Waals surface area contributed by atoms with Gasteiger partial charge in [-0.1, -0.05) is 6.92 Å². The van der Waals surface area contributed by atoms with Gasteiger partial charge in [-0.3, -0.25) is 4.68 Å². The second-order valence-corrected chi connectivity index (χ2v) is 3.66. The molecule has 0 aliphatic rings. The molecule has 0 unspecified atom stereocenters. The zero-order valence-electron chi connectivity index (χ0n) is 9.59. The molecule has 0 fully saturated rings. The first kappa shape index (κ1) is 10.7. The number of anilines is 1. The number of rotatable bonds is 5. The summed E-state index contributed by atoms with van der Waals surface area (Å²) in [6, 6.07) is 0. The number of nitrogens with zero attached hydrogens (tertiary/aromatic N) is 5. The quantitative estimate of drug-likeness (QED) is 0.817. The van der Waals surface area contributed by atoms with Crippen LogP contribution in [0.4, 0.5) is 5.69 Å². The summed E-state index contributed by atoms with van der Waals surface area (Å²) in [4.78, 5) is 4.22. The normalized spacial score (nSPS) is 10.6. The smallest absolute Gasteiger partial charge is 0.146 e. The first-order chi connectivity index (χ1) is 7.79. The molecular formula is C10H16N6. The van der Waals surface area contributed by atoms with Gasteiger partial charge in [0.25, 0.3) is 0 Å². The first-order valence-corrected chi connectivity index (χ1v) is 5.39. The molecule has 0 aromatic carbocycles. The molecule has 0 aliphatic carbocycles. The van der Waals surface area contributed by atoms with Crippen LogP contribution in [0.1, 0.15) is 19.2 Å². The van der Waals surface area contributed by atoms with E-state index in [1.807, 2.05) is 17.9 Å². The van der Waals surface area contributed by atoms with Crippen molar-refractivity contribution in [3.05, 3.63) is 24.5 Å². The van der Waals surface area contributed by atoms with Crippen molar-refractivity contribution in [2.45, 2.75) is 26.4 Å². The summed E-state index contributed by atoms with van der Waals surface area (Å²) in [6.45, 7) is 3.70. The minimum absolute atomic E-state index is 0.672. The Morgan fingerprint density at radius 3 is 2.94 bits per heavy atom. The molecule has 6 heteroatoms. The van der Waals surface area contributed by atoms with Crippen molar-refractivity contribution in [3.8, 4) is 0 Å². The Morgan fingerprint density at radius 2 is 2.25 bits per heavy atom. The van der Waals surface area contributed by atoms with E-state index < -0.39 is 0 Å². The van der Waals surface area contributed by atoms with Crippen molar-refractivity contribution in [3.63, 3.8) is 0 Å². The number of aromatic nitrogens is 5. The van der Waals surface area contributed by atoms with Crippen LogP contribution < -0.4 is 5.32 Å². The van der Waals surface area contributed by atoms with Crippen molar-refractivity contribution in [1.29, 1.82) is 0 Å². The van der Waals surface area contributed by atoms with E-state index in [-0.39, 0.29) is 0 Å². The number of aryl methyl sites for hydroxylation is 2. The molecule has 0 aliphatic heterocycles. The maximum atomic E-state index is 4.22. The average Bonchev–Trinajstić information content (AvgIpc) is 2.85. The van der Waals surface area contributed by atoms with E-state index in [2.05, 4.69) is 27.4 Å². The van der Waals surface area contributed by atoms with Gasteiger partial charge in [-0.25, -0.2) is 9.67 Å². The second-order valence-electron chi connectivity index (χ2n) is 3.66. The zero-order valence-corrected chi connectivity index (χ0v) is 9.59. The highest BCUT2D eigenvalue weighted by molar-refractivity contribution is 5.37. The maximum Gasteiger partial charge on any atom is 0.146 e. The maximum absolute atomic E-state index is 4.22. The molecule has 1 N–H and O–H groups in total. The van der Waals surface area contributed by atoms with E-state index in [0.717, 1.165) is 24.5 Å². The van der Waals surface area contributed by atoms with Crippen molar-refractivity contribution >= 4 is 5.69 Å². The van der Waals surface area contributed by atoms with Crippen LogP contribution in [0.25, 0.3) is 0 Å². The van der Waals surface area contributed by atoms with Crippen molar-refractivity contribution < 1.29 is 0 Å². The van der Waals surface area contributed by atoms with Gasteiger partial charge >= 0.3 is 0 Å². The fourth-order valence-electron chi connectivity index (χ4n) is 1.52. The van der Waals surface area contributed by atoms with E-state index in [1.165, 1.54) is 0 Å². The molecule has 2 heterocycles. The molecule has 0 atom stereocenters. The molecule has 86 valence electrons. The van der Waals surface area contributed by atoms with Gasteiger partial charge < -0.3 is 5.32 Å². The predicted molar refractivity (Wildman–Crippen MR) is 60.8 cm³/mol. The molecular weight excluding hydrogens is 204 g/mol. The number of hydrogen-bond acceptors (Lipinski definition) is 4. The Kier molecular flexibility index (Phi) is 3.19. The third-order valence-corrected chi connectivity index (χ3v) is 2.29. The molecule has 0 radical (unpaired) electrons. The summed E-state index contributed by atoms with van der Waals surface area (Å²) >= 11 is 0. The van der Waals surface area contributed by atoms with Crippen LogP contribution in [-0.4, -0.2) is 24.5 Å². The number of nitrogens with one attached hydrogen (secondary N) is 1. The summed E-state index contributed by atoms with van der Waals surface area (Å²) < 4.78 is 3.68. The lowest BCUT2D eigenvalue weighted by atomic mass is 10.4. The van der Waals surface area contributed by atoms with Gasteiger partial charge in [-0.15, -0.1) is 0 Å². The molecule has 0 saturated heterocycles. The SMILES string of the molecule is CCCn1ncnc1CNc1cnn(C)c1. The highest BCUT2D eigenvalue weighted by Crippen LogP contribution is 2.05. The van der Waals surface area contributed by atoms with E-state index >= 15 is 0 Å². The molecule has 2 rings (SSSR count). The van der Waals surface area contributed by atoms with Crippen LogP contribution in [0.15, 0.2) is 18.7 Å².